The average molecular weight is 431 g/mol. The first-order chi connectivity index (χ1) is 14.4. The Morgan fingerprint density at radius 3 is 2.48 bits per heavy atom. The molecule has 4 heteroatoms. The molecule has 0 aromatic heterocycles. The zero-order valence-electron chi connectivity index (χ0n) is 20.1. The lowest BCUT2D eigenvalue weighted by atomic mass is 9.61. The van der Waals surface area contributed by atoms with Crippen LogP contribution in [0.2, 0.25) is 0 Å². The minimum absolute atomic E-state index is 0.116. The molecule has 174 valence electrons. The van der Waals surface area contributed by atoms with Crippen LogP contribution in [0.4, 0.5) is 0 Å². The molecule has 3 aliphatic carbocycles. The topological polar surface area (TPSA) is 66.8 Å². The van der Waals surface area contributed by atoms with Gasteiger partial charge < -0.3 is 14.9 Å². The van der Waals surface area contributed by atoms with Crippen molar-refractivity contribution < 1.29 is 19.7 Å². The molecule has 0 saturated heterocycles. The third kappa shape index (κ3) is 5.17. The predicted octanol–water partition coefficient (Wildman–Crippen LogP) is 5.35. The van der Waals surface area contributed by atoms with E-state index in [-0.39, 0.29) is 11.4 Å². The van der Waals surface area contributed by atoms with Gasteiger partial charge in [0.15, 0.2) is 0 Å². The Morgan fingerprint density at radius 2 is 1.87 bits per heavy atom. The molecule has 3 fully saturated rings. The van der Waals surface area contributed by atoms with Crippen LogP contribution in [0.25, 0.3) is 0 Å². The maximum absolute atomic E-state index is 12.2. The van der Waals surface area contributed by atoms with Crippen molar-refractivity contribution in [3.8, 4) is 0 Å². The van der Waals surface area contributed by atoms with Crippen molar-refractivity contribution in [2.75, 3.05) is 6.61 Å². The second-order valence-electron chi connectivity index (χ2n) is 11.5. The van der Waals surface area contributed by atoms with E-state index in [1.54, 1.807) is 0 Å². The molecule has 3 saturated carbocycles. The number of esters is 1. The summed E-state index contributed by atoms with van der Waals surface area (Å²) in [6.45, 7) is 14.7. The van der Waals surface area contributed by atoms with Crippen LogP contribution in [0.1, 0.15) is 79.6 Å². The molecule has 2 N–H and O–H groups in total. The maximum atomic E-state index is 12.2. The maximum Gasteiger partial charge on any atom is 0.311 e. The van der Waals surface area contributed by atoms with Gasteiger partial charge in [0.2, 0.25) is 0 Å². The summed E-state index contributed by atoms with van der Waals surface area (Å²) in [5.41, 5.74) is 2.94. The normalized spacial score (nSPS) is 37.7. The van der Waals surface area contributed by atoms with E-state index in [0.29, 0.717) is 42.8 Å². The third-order valence-corrected chi connectivity index (χ3v) is 8.11. The smallest absolute Gasteiger partial charge is 0.311 e. The fourth-order valence-corrected chi connectivity index (χ4v) is 6.18. The standard InChI is InChI=1S/C27H42O4/c1-17(16-31-25(30)26(3,4)5)21-11-12-22-20(8-7-13-27(21,22)6)10-9-19-14-23(28)18(2)24(29)15-19/h9-10,17,21-24,28-29H,2,7-8,11-16H2,1,3-6H3/b19-9?,20-10+/t17-,21-,22+,23-,24?,27-/m1/s1. The Kier molecular flexibility index (Phi) is 7.22. The van der Waals surface area contributed by atoms with Crippen LogP contribution in [-0.2, 0) is 9.53 Å². The zero-order chi connectivity index (χ0) is 23.0. The van der Waals surface area contributed by atoms with Crippen molar-refractivity contribution in [3.63, 3.8) is 0 Å². The van der Waals surface area contributed by atoms with Crippen molar-refractivity contribution >= 4 is 5.97 Å². The lowest BCUT2D eigenvalue weighted by Crippen LogP contribution is -2.37. The molecule has 0 aliphatic heterocycles. The molecule has 0 spiro atoms. The van der Waals surface area contributed by atoms with Crippen molar-refractivity contribution in [2.24, 2.45) is 28.6 Å². The molecule has 6 atom stereocenters. The molecule has 0 radical (unpaired) electrons. The Hall–Kier alpha value is -1.39. The van der Waals surface area contributed by atoms with Crippen LogP contribution < -0.4 is 0 Å². The summed E-state index contributed by atoms with van der Waals surface area (Å²) in [6.07, 6.45) is 10.2. The van der Waals surface area contributed by atoms with E-state index in [0.717, 1.165) is 12.0 Å². The minimum Gasteiger partial charge on any atom is -0.465 e. The largest absolute Gasteiger partial charge is 0.465 e. The summed E-state index contributed by atoms with van der Waals surface area (Å²) in [5, 5.41) is 20.3. The summed E-state index contributed by atoms with van der Waals surface area (Å²) < 4.78 is 5.67. The minimum atomic E-state index is -0.641. The van der Waals surface area contributed by atoms with E-state index in [2.05, 4.69) is 32.6 Å². The first kappa shape index (κ1) is 24.3. The van der Waals surface area contributed by atoms with E-state index >= 15 is 0 Å². The molecule has 0 bridgehead atoms. The number of aliphatic hydroxyl groups excluding tert-OH is 2. The van der Waals surface area contributed by atoms with Crippen LogP contribution in [0.15, 0.2) is 35.5 Å². The van der Waals surface area contributed by atoms with Crippen LogP contribution in [0, 0.1) is 28.6 Å². The Morgan fingerprint density at radius 1 is 1.23 bits per heavy atom. The first-order valence-corrected chi connectivity index (χ1v) is 12.0. The molecular formula is C27H42O4. The molecule has 31 heavy (non-hydrogen) atoms. The van der Waals surface area contributed by atoms with Crippen molar-refractivity contribution in [2.45, 2.75) is 91.8 Å². The quantitative estimate of drug-likeness (QED) is 0.466. The molecule has 4 nitrogen and oxygen atoms in total. The average Bonchev–Trinajstić information content (AvgIpc) is 3.05. The Labute approximate surface area is 188 Å². The van der Waals surface area contributed by atoms with Crippen LogP contribution >= 0.6 is 0 Å². The second-order valence-corrected chi connectivity index (χ2v) is 11.5. The summed E-state index contributed by atoms with van der Waals surface area (Å²) in [5.74, 6) is 1.36. The number of carbonyl (C=O) groups is 1. The number of carbonyl (C=O) groups excluding carboxylic acids is 1. The van der Waals surface area contributed by atoms with E-state index in [1.807, 2.05) is 20.8 Å². The van der Waals surface area contributed by atoms with Gasteiger partial charge in [0.05, 0.1) is 24.2 Å². The van der Waals surface area contributed by atoms with Gasteiger partial charge in [-0.15, -0.1) is 0 Å². The number of hydrogen-bond acceptors (Lipinski definition) is 4. The number of fused-ring (bicyclic) bond motifs is 1. The summed E-state index contributed by atoms with van der Waals surface area (Å²) in [7, 11) is 0. The SMILES string of the molecule is C=C1C(O)CC(=C/C=C2\CCC[C@]3(C)[C@@H]([C@H](C)COC(=O)C(C)(C)C)CC[C@@H]23)C[C@H]1O. The highest BCUT2D eigenvalue weighted by molar-refractivity contribution is 5.75. The second kappa shape index (κ2) is 9.23. The fraction of sp³-hybridized carbons (Fsp3) is 0.741. The van der Waals surface area contributed by atoms with Crippen molar-refractivity contribution in [3.05, 3.63) is 35.5 Å². The Balaban J connectivity index is 1.69. The van der Waals surface area contributed by atoms with Gasteiger partial charge in [0.25, 0.3) is 0 Å². The highest BCUT2D eigenvalue weighted by atomic mass is 16.5. The molecule has 0 aromatic rings. The molecule has 3 aliphatic rings. The zero-order valence-corrected chi connectivity index (χ0v) is 20.1. The molecule has 0 amide bonds. The van der Waals surface area contributed by atoms with Crippen LogP contribution in [0.3, 0.4) is 0 Å². The van der Waals surface area contributed by atoms with E-state index in [9.17, 15) is 15.0 Å². The van der Waals surface area contributed by atoms with Crippen LogP contribution in [0.5, 0.6) is 0 Å². The highest BCUT2D eigenvalue weighted by Crippen LogP contribution is 2.59. The molecule has 3 rings (SSSR count). The van der Waals surface area contributed by atoms with Crippen molar-refractivity contribution in [1.82, 2.24) is 0 Å². The summed E-state index contributed by atoms with van der Waals surface area (Å²) >= 11 is 0. The Bertz CT molecular complexity index is 740. The molecule has 0 heterocycles. The van der Waals surface area contributed by atoms with Gasteiger partial charge in [-0.2, -0.15) is 0 Å². The summed E-state index contributed by atoms with van der Waals surface area (Å²) in [6, 6.07) is 0. The molecular weight excluding hydrogens is 388 g/mol. The highest BCUT2D eigenvalue weighted by Gasteiger charge is 2.50. The van der Waals surface area contributed by atoms with E-state index in [4.69, 9.17) is 4.74 Å². The monoisotopic (exact) mass is 430 g/mol. The third-order valence-electron chi connectivity index (χ3n) is 8.11. The molecule has 1 unspecified atom stereocenters. The number of aliphatic hydroxyl groups is 2. The van der Waals surface area contributed by atoms with Crippen molar-refractivity contribution in [1.29, 1.82) is 0 Å². The molecule has 0 aromatic carbocycles. The first-order valence-electron chi connectivity index (χ1n) is 12.0. The van der Waals surface area contributed by atoms with E-state index in [1.165, 1.54) is 31.3 Å². The van der Waals surface area contributed by atoms with E-state index < -0.39 is 17.6 Å². The predicted molar refractivity (Wildman–Crippen MR) is 124 cm³/mol. The van der Waals surface area contributed by atoms with Gasteiger partial charge in [-0.3, -0.25) is 4.79 Å². The number of allylic oxidation sites excluding steroid dienone is 3. The lowest BCUT2D eigenvalue weighted by Gasteiger charge is -2.44. The van der Waals surface area contributed by atoms with Gasteiger partial charge in [0.1, 0.15) is 0 Å². The lowest BCUT2D eigenvalue weighted by molar-refractivity contribution is -0.155. The van der Waals surface area contributed by atoms with Gasteiger partial charge in [-0.25, -0.2) is 0 Å². The van der Waals surface area contributed by atoms with Gasteiger partial charge in [-0.1, -0.05) is 43.7 Å². The number of hydrogen-bond donors (Lipinski definition) is 2. The van der Waals surface area contributed by atoms with Gasteiger partial charge in [0, 0.05) is 0 Å². The van der Waals surface area contributed by atoms with Gasteiger partial charge in [-0.05, 0) is 94.5 Å². The summed E-state index contributed by atoms with van der Waals surface area (Å²) in [4.78, 5) is 12.2. The number of rotatable bonds is 4. The van der Waals surface area contributed by atoms with Gasteiger partial charge >= 0.3 is 5.97 Å². The van der Waals surface area contributed by atoms with Crippen LogP contribution in [-0.4, -0.2) is 35.0 Å². The fourth-order valence-electron chi connectivity index (χ4n) is 6.18. The number of ether oxygens (including phenoxy) is 1.